The Kier molecular flexibility index (Phi) is 3.59. The molecule has 0 amide bonds. The van der Waals surface area contributed by atoms with Crippen LogP contribution in [0, 0.1) is 0 Å². The van der Waals surface area contributed by atoms with Crippen LogP contribution in [0.4, 0.5) is 32.2 Å². The van der Waals surface area contributed by atoms with Crippen molar-refractivity contribution >= 4 is 11.5 Å². The lowest BCUT2D eigenvalue weighted by Crippen LogP contribution is -2.32. The summed E-state index contributed by atoms with van der Waals surface area (Å²) in [7, 11) is 0. The van der Waals surface area contributed by atoms with Crippen LogP contribution in [0.3, 0.4) is 0 Å². The van der Waals surface area contributed by atoms with Gasteiger partial charge in [-0.15, -0.1) is 0 Å². The van der Waals surface area contributed by atoms with E-state index in [2.05, 4.69) is 4.98 Å². The molecule has 128 valence electrons. The van der Waals surface area contributed by atoms with Crippen molar-refractivity contribution in [3.05, 3.63) is 54.0 Å². The van der Waals surface area contributed by atoms with E-state index in [0.717, 1.165) is 42.9 Å². The van der Waals surface area contributed by atoms with Gasteiger partial charge in [-0.25, -0.2) is 10.0 Å². The second-order valence-corrected chi connectivity index (χ2v) is 5.08. The van der Waals surface area contributed by atoms with Gasteiger partial charge in [0.25, 0.3) is 0 Å². The van der Waals surface area contributed by atoms with E-state index >= 15 is 0 Å². The van der Waals surface area contributed by atoms with Crippen molar-refractivity contribution < 1.29 is 31.5 Å². The molecular weight excluding hydrogens is 340 g/mol. The third-order valence-electron chi connectivity index (χ3n) is 3.56. The molecule has 2 heterocycles. The molecule has 1 aliphatic rings. The molecule has 3 rings (SSSR count). The zero-order valence-corrected chi connectivity index (χ0v) is 11.7. The molecule has 0 aliphatic carbocycles. The summed E-state index contributed by atoms with van der Waals surface area (Å²) in [5.74, 6) is -0.241. The Morgan fingerprint density at radius 2 is 1.58 bits per heavy atom. The van der Waals surface area contributed by atoms with Crippen LogP contribution < -0.4 is 5.06 Å². The molecule has 24 heavy (non-hydrogen) atoms. The van der Waals surface area contributed by atoms with Gasteiger partial charge >= 0.3 is 12.4 Å². The lowest BCUT2D eigenvalue weighted by molar-refractivity contribution is -0.137. The van der Waals surface area contributed by atoms with Gasteiger partial charge in [-0.2, -0.15) is 26.3 Å². The highest BCUT2D eigenvalue weighted by molar-refractivity contribution is 5.64. The Bertz CT molecular complexity index is 775. The number of rotatable bonds is 1. The van der Waals surface area contributed by atoms with E-state index in [1.165, 1.54) is 0 Å². The highest BCUT2D eigenvalue weighted by Crippen LogP contribution is 2.41. The van der Waals surface area contributed by atoms with E-state index in [9.17, 15) is 31.5 Å². The summed E-state index contributed by atoms with van der Waals surface area (Å²) >= 11 is 0. The van der Waals surface area contributed by atoms with E-state index in [-0.39, 0.29) is 11.4 Å². The van der Waals surface area contributed by atoms with E-state index in [4.69, 9.17) is 0 Å². The van der Waals surface area contributed by atoms with E-state index in [1.54, 1.807) is 0 Å². The van der Waals surface area contributed by atoms with Crippen molar-refractivity contribution in [2.75, 3.05) is 5.06 Å². The fraction of sp³-hybridized carbons (Fsp3) is 0.214. The zero-order valence-electron chi connectivity index (χ0n) is 11.7. The Morgan fingerprint density at radius 1 is 0.958 bits per heavy atom. The molecule has 0 saturated heterocycles. The summed E-state index contributed by atoms with van der Waals surface area (Å²) in [6.45, 7) is 0. The number of anilines is 1. The number of hydroxylamine groups is 1. The summed E-state index contributed by atoms with van der Waals surface area (Å²) in [4.78, 5) is 3.56. The minimum absolute atomic E-state index is 0.0692. The van der Waals surface area contributed by atoms with Crippen LogP contribution in [0.15, 0.2) is 42.9 Å². The summed E-state index contributed by atoms with van der Waals surface area (Å²) in [5, 5.41) is 10.6. The van der Waals surface area contributed by atoms with Gasteiger partial charge in [-0.3, -0.25) is 9.77 Å². The minimum Gasteiger partial charge on any atom is -0.286 e. The third kappa shape index (κ3) is 2.73. The quantitative estimate of drug-likeness (QED) is 0.783. The summed E-state index contributed by atoms with van der Waals surface area (Å²) in [6, 6.07) is 2.24. The first kappa shape index (κ1) is 16.4. The Morgan fingerprint density at radius 3 is 2.12 bits per heavy atom. The molecule has 0 fully saturated rings. The number of halogens is 6. The van der Waals surface area contributed by atoms with Gasteiger partial charge in [0.1, 0.15) is 18.1 Å². The van der Waals surface area contributed by atoms with Crippen LogP contribution in [-0.4, -0.2) is 20.9 Å². The average molecular weight is 349 g/mol. The second-order valence-electron chi connectivity index (χ2n) is 5.08. The largest absolute Gasteiger partial charge is 0.431 e. The van der Waals surface area contributed by atoms with Gasteiger partial charge in [0.2, 0.25) is 0 Å². The Hall–Kier alpha value is -2.49. The Labute approximate surface area is 131 Å². The molecule has 1 aromatic carbocycles. The standard InChI is InChI=1S/C14H9F6N3O/c15-13(16,17)9-3-1-8(2-4-9)10-5-11(14(18,19)20)22-7-21-6-12(22)23(10)24/h1-7,10,24H. The zero-order chi connectivity index (χ0) is 17.7. The monoisotopic (exact) mass is 349 g/mol. The van der Waals surface area contributed by atoms with Crippen molar-refractivity contribution in [3.63, 3.8) is 0 Å². The smallest absolute Gasteiger partial charge is 0.286 e. The van der Waals surface area contributed by atoms with E-state index < -0.39 is 29.7 Å². The molecule has 1 aromatic heterocycles. The number of alkyl halides is 6. The molecule has 0 radical (unpaired) electrons. The van der Waals surface area contributed by atoms with Gasteiger partial charge in [-0.1, -0.05) is 12.1 Å². The van der Waals surface area contributed by atoms with Crippen LogP contribution in [0.5, 0.6) is 0 Å². The summed E-state index contributed by atoms with van der Waals surface area (Å²) in [6.07, 6.45) is -6.65. The van der Waals surface area contributed by atoms with E-state index in [0.29, 0.717) is 9.63 Å². The van der Waals surface area contributed by atoms with Gasteiger partial charge in [0, 0.05) is 0 Å². The molecule has 1 N–H and O–H groups in total. The number of hydrogen-bond acceptors (Lipinski definition) is 3. The minimum atomic E-state index is -4.72. The molecule has 1 unspecified atom stereocenters. The number of allylic oxidation sites excluding steroid dienone is 1. The van der Waals surface area contributed by atoms with Crippen LogP contribution in [0.2, 0.25) is 0 Å². The van der Waals surface area contributed by atoms with Crippen LogP contribution in [0.1, 0.15) is 17.2 Å². The maximum atomic E-state index is 13.2. The maximum Gasteiger partial charge on any atom is 0.431 e. The topological polar surface area (TPSA) is 41.3 Å². The molecule has 1 aliphatic heterocycles. The van der Waals surface area contributed by atoms with Gasteiger partial charge in [0.05, 0.1) is 11.8 Å². The number of fused-ring (bicyclic) bond motifs is 1. The van der Waals surface area contributed by atoms with Crippen molar-refractivity contribution in [1.82, 2.24) is 9.55 Å². The SMILES string of the molecule is ON1c2cncn2C(C(F)(F)F)=CC1c1ccc(C(F)(F)F)cc1. The first-order chi connectivity index (χ1) is 11.1. The van der Waals surface area contributed by atoms with Gasteiger partial charge in [0.15, 0.2) is 5.82 Å². The summed E-state index contributed by atoms with van der Waals surface area (Å²) < 4.78 is 77.9. The number of nitrogens with zero attached hydrogens (tertiary/aromatic N) is 3. The number of benzene rings is 1. The fourth-order valence-electron chi connectivity index (χ4n) is 2.42. The van der Waals surface area contributed by atoms with Crippen molar-refractivity contribution in [3.8, 4) is 0 Å². The molecule has 1 atom stereocenters. The third-order valence-corrected chi connectivity index (χ3v) is 3.56. The maximum absolute atomic E-state index is 13.2. The van der Waals surface area contributed by atoms with E-state index in [1.807, 2.05) is 0 Å². The number of aromatic nitrogens is 2. The molecule has 0 bridgehead atoms. The van der Waals surface area contributed by atoms with Gasteiger partial charge in [-0.05, 0) is 23.8 Å². The molecular formula is C14H9F6N3O. The first-order valence-corrected chi connectivity index (χ1v) is 6.56. The van der Waals surface area contributed by atoms with Crippen LogP contribution in [0.25, 0.3) is 5.70 Å². The highest BCUT2D eigenvalue weighted by atomic mass is 19.4. The van der Waals surface area contributed by atoms with Gasteiger partial charge < -0.3 is 0 Å². The predicted octanol–water partition coefficient (Wildman–Crippen LogP) is 4.26. The van der Waals surface area contributed by atoms with Crippen LogP contribution >= 0.6 is 0 Å². The normalized spacial score (nSPS) is 18.4. The highest BCUT2D eigenvalue weighted by Gasteiger charge is 2.41. The fourth-order valence-corrected chi connectivity index (χ4v) is 2.42. The van der Waals surface area contributed by atoms with Crippen molar-refractivity contribution in [1.29, 1.82) is 0 Å². The molecule has 10 heteroatoms. The predicted molar refractivity (Wildman–Crippen MR) is 71.0 cm³/mol. The molecule has 4 nitrogen and oxygen atoms in total. The van der Waals surface area contributed by atoms with Crippen molar-refractivity contribution in [2.45, 2.75) is 18.4 Å². The molecule has 0 spiro atoms. The van der Waals surface area contributed by atoms with Crippen molar-refractivity contribution in [2.24, 2.45) is 0 Å². The molecule has 0 saturated carbocycles. The first-order valence-electron chi connectivity index (χ1n) is 6.56. The number of hydrogen-bond donors (Lipinski definition) is 1. The summed E-state index contributed by atoms with van der Waals surface area (Å²) in [5.41, 5.74) is -1.94. The lowest BCUT2D eigenvalue weighted by Gasteiger charge is -2.32. The lowest BCUT2D eigenvalue weighted by atomic mass is 10.0. The second kappa shape index (κ2) is 5.26. The Balaban J connectivity index is 2.05. The number of imidazole rings is 1. The molecule has 2 aromatic rings. The average Bonchev–Trinajstić information content (AvgIpc) is 2.95. The van der Waals surface area contributed by atoms with Crippen LogP contribution in [-0.2, 0) is 6.18 Å².